The van der Waals surface area contributed by atoms with Gasteiger partial charge < -0.3 is 0 Å². The van der Waals surface area contributed by atoms with Crippen molar-refractivity contribution in [3.05, 3.63) is 284 Å². The fourth-order valence-corrected chi connectivity index (χ4v) is 12.5. The van der Waals surface area contributed by atoms with E-state index in [9.17, 15) is 10.5 Å². The summed E-state index contributed by atoms with van der Waals surface area (Å²) in [7, 11) is 0. The Labute approximate surface area is 464 Å². The SMILES string of the molecule is N#Cc1c(N(c2ccc(-c3ccccc3)cc2)c2ccc(-c3ccccc3)c[c]2[Pb])cc2ccc3c(C#N)c(N(c4ccc(-c5ccccc5)cc4)c4ccc(-c5ccccc5)cc4-c4ccccc4)cc4ccc1c2c43. The molecule has 0 N–H and O–H groups in total. The molecule has 5 heteroatoms. The molecule has 0 fully saturated rings. The fraction of sp³-hybridized carbons (Fsp3) is 0. The van der Waals surface area contributed by atoms with Crippen LogP contribution < -0.4 is 12.9 Å². The van der Waals surface area contributed by atoms with Crippen LogP contribution in [0.25, 0.3) is 88.0 Å². The first kappa shape index (κ1) is 47.1. The van der Waals surface area contributed by atoms with Crippen molar-refractivity contribution in [2.75, 3.05) is 9.80 Å². The van der Waals surface area contributed by atoms with Crippen LogP contribution in [0.15, 0.2) is 273 Å². The maximum absolute atomic E-state index is 11.6. The van der Waals surface area contributed by atoms with Crippen molar-refractivity contribution < 1.29 is 0 Å². The Balaban J connectivity index is 1.02. The molecule has 0 aliphatic carbocycles. The molecular formula is C72H45N4Pb. The monoisotopic (exact) mass is 1170 g/mol. The second-order valence-electron chi connectivity index (χ2n) is 19.2. The molecule has 3 radical (unpaired) electrons. The minimum absolute atomic E-state index is 0.548. The standard InChI is InChI=1S/C72H45N4.Pb/c73-47-66-63-41-33-59-46-70(76(62-39-30-55(31-40-62)51-20-10-3-11-21-51)68-43-34-57(52-22-12-4-13-23-52)44-65(68)56-24-14-5-15-25-56)67(48-74)64-42-32-58(71(63)72(59)64)45-69(66)75(60-35-26-53(27-36-60)49-16-6-1-7-17-49)61-37-28-54(29-38-61)50-18-8-2-9-19-50;/h1-37,39-46H;. The van der Waals surface area contributed by atoms with Gasteiger partial charge in [-0.15, -0.1) is 0 Å². The number of nitrogens with zero attached hydrogens (tertiary/aromatic N) is 4. The Bertz CT molecular complexity index is 4380. The van der Waals surface area contributed by atoms with Crippen molar-refractivity contribution in [1.82, 2.24) is 0 Å². The van der Waals surface area contributed by atoms with E-state index >= 15 is 0 Å². The molecule has 13 rings (SSSR count). The Morgan fingerprint density at radius 2 is 0.623 bits per heavy atom. The number of hydrogen-bond donors (Lipinski definition) is 0. The molecule has 0 aliphatic heterocycles. The van der Waals surface area contributed by atoms with Crippen molar-refractivity contribution in [2.24, 2.45) is 0 Å². The summed E-state index contributed by atoms with van der Waals surface area (Å²) in [5.74, 6) is 0. The zero-order valence-electron chi connectivity index (χ0n) is 41.8. The summed E-state index contributed by atoms with van der Waals surface area (Å²) in [6.45, 7) is 0. The third kappa shape index (κ3) is 8.65. The zero-order valence-corrected chi connectivity index (χ0v) is 45.7. The molecule has 0 saturated heterocycles. The van der Waals surface area contributed by atoms with E-state index in [1.807, 2.05) is 30.3 Å². The van der Waals surface area contributed by atoms with E-state index in [4.69, 9.17) is 0 Å². The van der Waals surface area contributed by atoms with Crippen molar-refractivity contribution in [2.45, 2.75) is 0 Å². The maximum atomic E-state index is 11.6. The Hall–Kier alpha value is -9.60. The van der Waals surface area contributed by atoms with Gasteiger partial charge in [0.2, 0.25) is 0 Å². The average molecular weight is 1170 g/mol. The molecular weight excluding hydrogens is 1130 g/mol. The first-order chi connectivity index (χ1) is 38.0. The molecule has 13 aromatic carbocycles. The summed E-state index contributed by atoms with van der Waals surface area (Å²) in [5.41, 5.74) is 17.7. The predicted molar refractivity (Wildman–Crippen MR) is 322 cm³/mol. The number of anilines is 6. The molecule has 0 spiro atoms. The van der Waals surface area contributed by atoms with E-state index < -0.39 is 0 Å². The summed E-state index contributed by atoms with van der Waals surface area (Å²) < 4.78 is 1.21. The van der Waals surface area contributed by atoms with Crippen molar-refractivity contribution in [3.63, 3.8) is 0 Å². The van der Waals surface area contributed by atoms with Crippen LogP contribution in [0.3, 0.4) is 0 Å². The predicted octanol–water partition coefficient (Wildman–Crippen LogP) is 18.4. The van der Waals surface area contributed by atoms with Crippen LogP contribution in [0.1, 0.15) is 11.1 Å². The molecule has 0 heterocycles. The Kier molecular flexibility index (Phi) is 12.4. The number of nitriles is 2. The molecule has 13 aromatic rings. The first-order valence-corrected chi connectivity index (χ1v) is 27.6. The van der Waals surface area contributed by atoms with Crippen LogP contribution in [-0.2, 0) is 0 Å². The van der Waals surface area contributed by atoms with Gasteiger partial charge in [-0.2, -0.15) is 0 Å². The molecule has 4 nitrogen and oxygen atoms in total. The number of benzene rings is 13. The second-order valence-corrected chi connectivity index (χ2v) is 21.3. The van der Waals surface area contributed by atoms with Gasteiger partial charge in [-0.1, -0.05) is 109 Å². The first-order valence-electron chi connectivity index (χ1n) is 25.7. The van der Waals surface area contributed by atoms with Gasteiger partial charge in [-0.3, -0.25) is 0 Å². The summed E-state index contributed by atoms with van der Waals surface area (Å²) in [5, 5.41) is 28.7. The summed E-state index contributed by atoms with van der Waals surface area (Å²) in [4.78, 5) is 4.53. The van der Waals surface area contributed by atoms with Crippen molar-refractivity contribution in [1.29, 1.82) is 10.5 Å². The third-order valence-corrected chi connectivity index (χ3v) is 16.4. The molecule has 0 atom stereocenters. The van der Waals surface area contributed by atoms with Gasteiger partial charge in [0.25, 0.3) is 0 Å². The molecule has 0 saturated carbocycles. The van der Waals surface area contributed by atoms with Crippen LogP contribution in [0.2, 0.25) is 0 Å². The quantitative estimate of drug-likeness (QED) is 0.0957. The van der Waals surface area contributed by atoms with Gasteiger partial charge in [0.05, 0.1) is 5.69 Å². The van der Waals surface area contributed by atoms with Crippen LogP contribution in [0.5, 0.6) is 0 Å². The van der Waals surface area contributed by atoms with Crippen LogP contribution in [0.4, 0.5) is 34.1 Å². The molecule has 357 valence electrons. The van der Waals surface area contributed by atoms with Gasteiger partial charge in [0, 0.05) is 11.3 Å². The second kappa shape index (κ2) is 20.3. The Morgan fingerprint density at radius 1 is 0.286 bits per heavy atom. The third-order valence-electron chi connectivity index (χ3n) is 14.8. The van der Waals surface area contributed by atoms with E-state index in [1.54, 1.807) is 0 Å². The topological polar surface area (TPSA) is 54.1 Å². The van der Waals surface area contributed by atoms with Gasteiger partial charge in [-0.05, 0) is 52.1 Å². The summed E-state index contributed by atoms with van der Waals surface area (Å²) >= 11 is 0.767. The fourth-order valence-electron chi connectivity index (χ4n) is 11.1. The van der Waals surface area contributed by atoms with E-state index in [1.165, 1.54) is 3.12 Å². The van der Waals surface area contributed by atoms with Gasteiger partial charge >= 0.3 is 289 Å². The molecule has 0 unspecified atom stereocenters. The molecule has 0 amide bonds. The van der Waals surface area contributed by atoms with E-state index in [2.05, 4.69) is 265 Å². The van der Waals surface area contributed by atoms with Crippen molar-refractivity contribution >= 4 is 95.3 Å². The van der Waals surface area contributed by atoms with Gasteiger partial charge in [0.15, 0.2) is 0 Å². The van der Waals surface area contributed by atoms with Gasteiger partial charge in [-0.25, -0.2) is 0 Å². The van der Waals surface area contributed by atoms with Crippen LogP contribution in [-0.4, -0.2) is 25.8 Å². The van der Waals surface area contributed by atoms with Crippen molar-refractivity contribution in [3.8, 4) is 67.8 Å². The Morgan fingerprint density at radius 3 is 1.03 bits per heavy atom. The zero-order chi connectivity index (χ0) is 51.8. The summed E-state index contributed by atoms with van der Waals surface area (Å²) in [6, 6.07) is 101. The van der Waals surface area contributed by atoms with Crippen LogP contribution in [0, 0.1) is 22.7 Å². The molecule has 0 aromatic heterocycles. The average Bonchev–Trinajstić information content (AvgIpc) is 3.53. The molecule has 0 bridgehead atoms. The van der Waals surface area contributed by atoms with E-state index in [0.29, 0.717) is 11.1 Å². The normalized spacial score (nSPS) is 11.2. The summed E-state index contributed by atoms with van der Waals surface area (Å²) in [6.07, 6.45) is 0. The minimum atomic E-state index is 0.548. The number of hydrogen-bond acceptors (Lipinski definition) is 4. The van der Waals surface area contributed by atoms with E-state index in [-0.39, 0.29) is 0 Å². The molecule has 77 heavy (non-hydrogen) atoms. The van der Waals surface area contributed by atoms with E-state index in [0.717, 1.165) is 148 Å². The molecule has 0 aliphatic rings. The van der Waals surface area contributed by atoms with Gasteiger partial charge in [0.1, 0.15) is 0 Å². The van der Waals surface area contributed by atoms with Crippen LogP contribution >= 0.6 is 0 Å². The number of rotatable bonds is 11.